The Hall–Kier alpha value is -2.51. The van der Waals surface area contributed by atoms with Gasteiger partial charge in [0.05, 0.1) is 23.6 Å². The lowest BCUT2D eigenvalue weighted by atomic mass is 10.1. The van der Waals surface area contributed by atoms with Crippen molar-refractivity contribution in [3.63, 3.8) is 0 Å². The van der Waals surface area contributed by atoms with Crippen LogP contribution in [0.2, 0.25) is 0 Å². The van der Waals surface area contributed by atoms with Gasteiger partial charge in [-0.15, -0.1) is 0 Å². The van der Waals surface area contributed by atoms with Gasteiger partial charge in [-0.25, -0.2) is 0 Å². The van der Waals surface area contributed by atoms with E-state index in [1.165, 1.54) is 6.07 Å². The van der Waals surface area contributed by atoms with Crippen LogP contribution in [0, 0.1) is 13.8 Å². The SMILES string of the molecule is CCCOc1ccc(C(F)(F)F)cc1NC(=O)c1c(C)noc1C. The molecule has 0 spiro atoms. The predicted molar refractivity (Wildman–Crippen MR) is 81.2 cm³/mol. The van der Waals surface area contributed by atoms with E-state index in [0.717, 1.165) is 12.1 Å². The highest BCUT2D eigenvalue weighted by Crippen LogP contribution is 2.35. The number of aryl methyl sites for hydroxylation is 2. The van der Waals surface area contributed by atoms with Gasteiger partial charge in [0.1, 0.15) is 17.1 Å². The summed E-state index contributed by atoms with van der Waals surface area (Å²) in [7, 11) is 0. The summed E-state index contributed by atoms with van der Waals surface area (Å²) in [5.41, 5.74) is -0.384. The third-order valence-corrected chi connectivity index (χ3v) is 3.28. The van der Waals surface area contributed by atoms with Gasteiger partial charge in [0.2, 0.25) is 0 Å². The molecule has 0 saturated heterocycles. The van der Waals surface area contributed by atoms with Crippen molar-refractivity contribution in [3.05, 3.63) is 40.8 Å². The number of ether oxygens (including phenoxy) is 1. The van der Waals surface area contributed by atoms with Gasteiger partial charge in [-0.3, -0.25) is 4.79 Å². The Labute approximate surface area is 136 Å². The molecule has 0 fully saturated rings. The van der Waals surface area contributed by atoms with Gasteiger partial charge in [-0.05, 0) is 38.5 Å². The largest absolute Gasteiger partial charge is 0.491 e. The Morgan fingerprint density at radius 3 is 2.58 bits per heavy atom. The molecule has 8 heteroatoms. The lowest BCUT2D eigenvalue weighted by Gasteiger charge is -2.15. The van der Waals surface area contributed by atoms with Gasteiger partial charge in [0.25, 0.3) is 5.91 Å². The predicted octanol–water partition coefficient (Wildman–Crippen LogP) is 4.35. The maximum absolute atomic E-state index is 12.9. The van der Waals surface area contributed by atoms with Crippen molar-refractivity contribution in [1.82, 2.24) is 5.16 Å². The maximum Gasteiger partial charge on any atom is 0.416 e. The molecule has 0 saturated carbocycles. The third-order valence-electron chi connectivity index (χ3n) is 3.28. The molecule has 130 valence electrons. The second kappa shape index (κ2) is 6.94. The number of alkyl halides is 3. The highest BCUT2D eigenvalue weighted by molar-refractivity contribution is 6.06. The molecule has 1 aromatic carbocycles. The van der Waals surface area contributed by atoms with Crippen LogP contribution in [0.4, 0.5) is 18.9 Å². The van der Waals surface area contributed by atoms with Crippen LogP contribution in [0.3, 0.4) is 0 Å². The van der Waals surface area contributed by atoms with Crippen molar-refractivity contribution >= 4 is 11.6 Å². The van der Waals surface area contributed by atoms with Crippen LogP contribution in [0.15, 0.2) is 22.7 Å². The molecule has 0 bridgehead atoms. The van der Waals surface area contributed by atoms with E-state index in [-0.39, 0.29) is 22.8 Å². The van der Waals surface area contributed by atoms with Crippen LogP contribution >= 0.6 is 0 Å². The zero-order chi connectivity index (χ0) is 17.9. The minimum atomic E-state index is -4.52. The maximum atomic E-state index is 12.9. The van der Waals surface area contributed by atoms with E-state index in [0.29, 0.717) is 18.7 Å². The van der Waals surface area contributed by atoms with E-state index in [9.17, 15) is 18.0 Å². The van der Waals surface area contributed by atoms with Crippen LogP contribution in [0.5, 0.6) is 5.75 Å². The number of rotatable bonds is 5. The number of hydrogen-bond donors (Lipinski definition) is 1. The average molecular weight is 342 g/mol. The van der Waals surface area contributed by atoms with Crippen LogP contribution in [-0.2, 0) is 6.18 Å². The number of benzene rings is 1. The lowest BCUT2D eigenvalue weighted by Crippen LogP contribution is -2.16. The summed E-state index contributed by atoms with van der Waals surface area (Å²) in [5, 5.41) is 6.11. The summed E-state index contributed by atoms with van der Waals surface area (Å²) < 4.78 is 49.1. The van der Waals surface area contributed by atoms with Crippen LogP contribution in [-0.4, -0.2) is 17.7 Å². The molecule has 1 heterocycles. The van der Waals surface area contributed by atoms with Crippen LogP contribution in [0.1, 0.15) is 40.7 Å². The molecule has 1 amide bonds. The molecule has 24 heavy (non-hydrogen) atoms. The number of aromatic nitrogens is 1. The van der Waals surface area contributed by atoms with E-state index >= 15 is 0 Å². The van der Waals surface area contributed by atoms with Gasteiger partial charge in [0, 0.05) is 0 Å². The summed E-state index contributed by atoms with van der Waals surface area (Å²) in [6, 6.07) is 2.96. The molecule has 0 aliphatic heterocycles. The number of amides is 1. The summed E-state index contributed by atoms with van der Waals surface area (Å²) in [4.78, 5) is 12.4. The van der Waals surface area contributed by atoms with Crippen molar-refractivity contribution in [2.24, 2.45) is 0 Å². The second-order valence-electron chi connectivity index (χ2n) is 5.21. The first-order valence-electron chi connectivity index (χ1n) is 7.32. The summed E-state index contributed by atoms with van der Waals surface area (Å²) in [5.74, 6) is -0.148. The quantitative estimate of drug-likeness (QED) is 0.877. The van der Waals surface area contributed by atoms with Gasteiger partial charge in [-0.1, -0.05) is 12.1 Å². The van der Waals surface area contributed by atoms with Gasteiger partial charge in [-0.2, -0.15) is 13.2 Å². The van der Waals surface area contributed by atoms with Gasteiger partial charge >= 0.3 is 6.18 Å². The van der Waals surface area contributed by atoms with E-state index in [2.05, 4.69) is 10.5 Å². The van der Waals surface area contributed by atoms with Crippen LogP contribution < -0.4 is 10.1 Å². The van der Waals surface area contributed by atoms with E-state index < -0.39 is 17.6 Å². The zero-order valence-electron chi connectivity index (χ0n) is 13.5. The standard InChI is InChI=1S/C16H17F3N2O3/c1-4-7-23-13-6-5-11(16(17,18)19)8-12(13)20-15(22)14-9(2)21-24-10(14)3/h5-6,8H,4,7H2,1-3H3,(H,20,22). The Bertz CT molecular complexity index is 719. The zero-order valence-corrected chi connectivity index (χ0v) is 13.5. The smallest absolute Gasteiger partial charge is 0.416 e. The highest BCUT2D eigenvalue weighted by atomic mass is 19.4. The number of nitrogens with one attached hydrogen (secondary N) is 1. The minimum Gasteiger partial charge on any atom is -0.491 e. The number of carbonyl (C=O) groups excluding carboxylic acids is 1. The van der Waals surface area contributed by atoms with Crippen molar-refractivity contribution < 1.29 is 27.2 Å². The second-order valence-corrected chi connectivity index (χ2v) is 5.21. The number of hydrogen-bond acceptors (Lipinski definition) is 4. The minimum absolute atomic E-state index is 0.0525. The first-order chi connectivity index (χ1) is 11.2. The number of carbonyl (C=O) groups is 1. The lowest BCUT2D eigenvalue weighted by molar-refractivity contribution is -0.137. The fraction of sp³-hybridized carbons (Fsp3) is 0.375. The summed E-state index contributed by atoms with van der Waals surface area (Å²) in [6.07, 6.45) is -3.84. The Morgan fingerprint density at radius 1 is 1.33 bits per heavy atom. The van der Waals surface area contributed by atoms with Gasteiger partial charge < -0.3 is 14.6 Å². The van der Waals surface area contributed by atoms with Crippen molar-refractivity contribution in [3.8, 4) is 5.75 Å². The van der Waals surface area contributed by atoms with E-state index in [1.54, 1.807) is 13.8 Å². The van der Waals surface area contributed by atoms with E-state index in [4.69, 9.17) is 9.26 Å². The molecule has 0 radical (unpaired) electrons. The molecule has 0 aliphatic rings. The summed E-state index contributed by atoms with van der Waals surface area (Å²) >= 11 is 0. The molecule has 5 nitrogen and oxygen atoms in total. The molecule has 1 N–H and O–H groups in total. The number of anilines is 1. The average Bonchev–Trinajstić information content (AvgIpc) is 2.84. The monoisotopic (exact) mass is 342 g/mol. The molecule has 0 aliphatic carbocycles. The normalized spacial score (nSPS) is 11.4. The topological polar surface area (TPSA) is 64.4 Å². The molecule has 1 aromatic heterocycles. The van der Waals surface area contributed by atoms with Crippen molar-refractivity contribution in [2.45, 2.75) is 33.4 Å². The highest BCUT2D eigenvalue weighted by Gasteiger charge is 2.31. The molecule has 2 rings (SSSR count). The third kappa shape index (κ3) is 3.87. The molecular weight excluding hydrogens is 325 g/mol. The fourth-order valence-electron chi connectivity index (χ4n) is 2.13. The first-order valence-corrected chi connectivity index (χ1v) is 7.32. The Morgan fingerprint density at radius 2 is 2.04 bits per heavy atom. The van der Waals surface area contributed by atoms with Crippen LogP contribution in [0.25, 0.3) is 0 Å². The van der Waals surface area contributed by atoms with Crippen molar-refractivity contribution in [2.75, 3.05) is 11.9 Å². The number of nitrogens with zero attached hydrogens (tertiary/aromatic N) is 1. The van der Waals surface area contributed by atoms with Gasteiger partial charge in [0.15, 0.2) is 0 Å². The molecule has 0 atom stereocenters. The molecular formula is C16H17F3N2O3. The fourth-order valence-corrected chi connectivity index (χ4v) is 2.13. The molecule has 0 unspecified atom stereocenters. The first kappa shape index (κ1) is 17.8. The summed E-state index contributed by atoms with van der Waals surface area (Å²) in [6.45, 7) is 5.31. The molecule has 2 aromatic rings. The van der Waals surface area contributed by atoms with Crippen molar-refractivity contribution in [1.29, 1.82) is 0 Å². The van der Waals surface area contributed by atoms with E-state index in [1.807, 2.05) is 6.92 Å². The number of halogens is 3. The Balaban J connectivity index is 2.37. The Kier molecular flexibility index (Phi) is 5.16.